The molecule has 0 saturated heterocycles. The van der Waals surface area contributed by atoms with E-state index in [4.69, 9.17) is 18.9 Å². The molecule has 28 heavy (non-hydrogen) atoms. The lowest BCUT2D eigenvalue weighted by Gasteiger charge is -2.34. The molecule has 1 atom stereocenters. The van der Waals surface area contributed by atoms with Crippen molar-refractivity contribution in [3.63, 3.8) is 0 Å². The maximum Gasteiger partial charge on any atom is 0.231 e. The first kappa shape index (κ1) is 17.0. The van der Waals surface area contributed by atoms with Crippen LogP contribution in [-0.4, -0.2) is 26.8 Å². The van der Waals surface area contributed by atoms with Crippen molar-refractivity contribution in [1.82, 2.24) is 0 Å². The fourth-order valence-electron chi connectivity index (χ4n) is 4.33. The van der Waals surface area contributed by atoms with Gasteiger partial charge in [0, 0.05) is 35.4 Å². The lowest BCUT2D eigenvalue weighted by Crippen LogP contribution is -2.26. The molecule has 0 aromatic heterocycles. The number of carbonyl (C=O) groups excluding carboxylic acids is 1. The van der Waals surface area contributed by atoms with Crippen molar-refractivity contribution in [1.29, 1.82) is 0 Å². The number of ether oxygens (including phenoxy) is 4. The number of anilines is 1. The molecule has 144 valence electrons. The largest absolute Gasteiger partial charge is 0.493 e. The number of allylic oxidation sites excluding steroid dienone is 2. The van der Waals surface area contributed by atoms with Gasteiger partial charge in [-0.15, -0.1) is 0 Å². The number of Topliss-reactive ketones (excluding diaryl/α,β-unsaturated/α-hetero) is 1. The third-order valence-corrected chi connectivity index (χ3v) is 5.63. The Balaban J connectivity index is 1.72. The zero-order chi connectivity index (χ0) is 19.3. The van der Waals surface area contributed by atoms with Crippen LogP contribution in [0.3, 0.4) is 0 Å². The summed E-state index contributed by atoms with van der Waals surface area (Å²) in [7, 11) is 3.23. The molecule has 6 nitrogen and oxygen atoms in total. The fraction of sp³-hybridized carbons (Fsp3) is 0.318. The van der Waals surface area contributed by atoms with E-state index in [-0.39, 0.29) is 18.5 Å². The molecule has 0 saturated carbocycles. The van der Waals surface area contributed by atoms with Gasteiger partial charge in [0.05, 0.1) is 14.2 Å². The Morgan fingerprint density at radius 1 is 1.00 bits per heavy atom. The normalized spacial score (nSPS) is 19.6. The van der Waals surface area contributed by atoms with Crippen molar-refractivity contribution in [3.05, 3.63) is 52.7 Å². The highest BCUT2D eigenvalue weighted by Gasteiger charge is 2.36. The van der Waals surface area contributed by atoms with Crippen LogP contribution in [0.15, 0.2) is 41.6 Å². The van der Waals surface area contributed by atoms with Gasteiger partial charge in [-0.2, -0.15) is 0 Å². The van der Waals surface area contributed by atoms with E-state index >= 15 is 0 Å². The van der Waals surface area contributed by atoms with Crippen LogP contribution >= 0.6 is 0 Å². The van der Waals surface area contributed by atoms with Gasteiger partial charge in [0.25, 0.3) is 0 Å². The number of nitrogens with one attached hydrogen (secondary N) is 1. The van der Waals surface area contributed by atoms with Crippen molar-refractivity contribution >= 4 is 11.5 Å². The average Bonchev–Trinajstić information content (AvgIpc) is 3.17. The third-order valence-electron chi connectivity index (χ3n) is 5.63. The van der Waals surface area contributed by atoms with Crippen LogP contribution in [0, 0.1) is 0 Å². The number of ketones is 1. The Bertz CT molecular complexity index is 1010. The summed E-state index contributed by atoms with van der Waals surface area (Å²) in [6.07, 6.45) is 2.30. The predicted octanol–water partition coefficient (Wildman–Crippen LogP) is 4.00. The molecular formula is C22H21NO5. The molecule has 2 heterocycles. The van der Waals surface area contributed by atoms with Gasteiger partial charge in [0.1, 0.15) is 0 Å². The first-order valence-corrected chi connectivity index (χ1v) is 9.38. The molecule has 2 aromatic carbocycles. The topological polar surface area (TPSA) is 66.0 Å². The zero-order valence-corrected chi connectivity index (χ0v) is 15.8. The first-order valence-electron chi connectivity index (χ1n) is 9.38. The minimum atomic E-state index is -0.187. The Hall–Kier alpha value is -3.15. The summed E-state index contributed by atoms with van der Waals surface area (Å²) in [5.74, 6) is 2.74. The SMILES string of the molecule is COc1ccc(C2C3=C(CCCC3=O)Nc3cc4c(cc32)OCO4)cc1OC. The van der Waals surface area contributed by atoms with E-state index < -0.39 is 0 Å². The minimum Gasteiger partial charge on any atom is -0.493 e. The van der Waals surface area contributed by atoms with Gasteiger partial charge in [-0.3, -0.25) is 4.79 Å². The quantitative estimate of drug-likeness (QED) is 0.870. The zero-order valence-electron chi connectivity index (χ0n) is 15.8. The standard InChI is InChI=1S/C22H21NO5/c1-25-17-7-6-12(8-18(17)26-2)21-13-9-19-20(28-11-27-19)10-15(13)23-14-4-3-5-16(24)22(14)21/h6-10,21,23H,3-5,11H2,1-2H3. The Labute approximate surface area is 163 Å². The Kier molecular flexibility index (Phi) is 3.93. The molecule has 0 radical (unpaired) electrons. The molecule has 2 aromatic rings. The van der Waals surface area contributed by atoms with Crippen molar-refractivity contribution in [2.24, 2.45) is 0 Å². The summed E-state index contributed by atoms with van der Waals surface area (Å²) in [6, 6.07) is 9.79. The number of fused-ring (bicyclic) bond motifs is 2. The van der Waals surface area contributed by atoms with Crippen LogP contribution in [0.1, 0.15) is 36.3 Å². The minimum absolute atomic E-state index is 0.187. The first-order chi connectivity index (χ1) is 13.7. The maximum absolute atomic E-state index is 12.9. The van der Waals surface area contributed by atoms with E-state index in [1.807, 2.05) is 30.3 Å². The number of hydrogen-bond donors (Lipinski definition) is 1. The van der Waals surface area contributed by atoms with Crippen molar-refractivity contribution in [3.8, 4) is 23.0 Å². The molecule has 0 amide bonds. The third kappa shape index (κ3) is 2.52. The van der Waals surface area contributed by atoms with Crippen LogP contribution < -0.4 is 24.3 Å². The number of carbonyl (C=O) groups is 1. The number of hydrogen-bond acceptors (Lipinski definition) is 6. The molecule has 2 aliphatic heterocycles. The molecule has 1 unspecified atom stereocenters. The molecule has 6 heteroatoms. The second-order valence-electron chi connectivity index (χ2n) is 7.13. The van der Waals surface area contributed by atoms with E-state index in [1.165, 1.54) is 0 Å². The van der Waals surface area contributed by atoms with E-state index in [9.17, 15) is 4.79 Å². The van der Waals surface area contributed by atoms with Crippen LogP contribution in [0.2, 0.25) is 0 Å². The van der Waals surface area contributed by atoms with Crippen LogP contribution in [0.4, 0.5) is 5.69 Å². The van der Waals surface area contributed by atoms with Crippen LogP contribution in [-0.2, 0) is 4.79 Å². The Morgan fingerprint density at radius 2 is 1.79 bits per heavy atom. The molecule has 1 aliphatic carbocycles. The van der Waals surface area contributed by atoms with Gasteiger partial charge in [-0.05, 0) is 42.2 Å². The summed E-state index contributed by atoms with van der Waals surface area (Å²) < 4.78 is 22.0. The molecule has 1 N–H and O–H groups in total. The van der Waals surface area contributed by atoms with E-state index in [0.29, 0.717) is 23.7 Å². The molecule has 3 aliphatic rings. The average molecular weight is 379 g/mol. The molecule has 0 spiro atoms. The molecule has 0 bridgehead atoms. The summed E-state index contributed by atoms with van der Waals surface area (Å²) in [5, 5.41) is 3.48. The van der Waals surface area contributed by atoms with Crippen LogP contribution in [0.25, 0.3) is 0 Å². The number of methoxy groups -OCH3 is 2. The van der Waals surface area contributed by atoms with E-state index in [1.54, 1.807) is 14.2 Å². The maximum atomic E-state index is 12.9. The second kappa shape index (κ2) is 6.48. The summed E-state index contributed by atoms with van der Waals surface area (Å²) >= 11 is 0. The molecule has 0 fully saturated rings. The highest BCUT2D eigenvalue weighted by molar-refractivity contribution is 6.01. The van der Waals surface area contributed by atoms with Gasteiger partial charge in [-0.25, -0.2) is 0 Å². The second-order valence-corrected chi connectivity index (χ2v) is 7.13. The van der Waals surface area contributed by atoms with E-state index in [2.05, 4.69) is 5.32 Å². The highest BCUT2D eigenvalue weighted by atomic mass is 16.7. The summed E-state index contributed by atoms with van der Waals surface area (Å²) in [4.78, 5) is 12.9. The lowest BCUT2D eigenvalue weighted by atomic mass is 9.75. The van der Waals surface area contributed by atoms with Crippen molar-refractivity contribution < 1.29 is 23.7 Å². The highest BCUT2D eigenvalue weighted by Crippen LogP contribution is 2.50. The Morgan fingerprint density at radius 3 is 2.57 bits per heavy atom. The molecule has 5 rings (SSSR count). The fourth-order valence-corrected chi connectivity index (χ4v) is 4.33. The number of rotatable bonds is 3. The number of benzene rings is 2. The van der Waals surface area contributed by atoms with Gasteiger partial charge in [0.2, 0.25) is 6.79 Å². The van der Waals surface area contributed by atoms with Gasteiger partial charge in [0.15, 0.2) is 28.8 Å². The van der Waals surface area contributed by atoms with E-state index in [0.717, 1.165) is 46.7 Å². The van der Waals surface area contributed by atoms with Crippen molar-refractivity contribution in [2.45, 2.75) is 25.2 Å². The lowest BCUT2D eigenvalue weighted by molar-refractivity contribution is -0.116. The monoisotopic (exact) mass is 379 g/mol. The van der Waals surface area contributed by atoms with Crippen molar-refractivity contribution in [2.75, 3.05) is 26.3 Å². The van der Waals surface area contributed by atoms with Gasteiger partial charge >= 0.3 is 0 Å². The van der Waals surface area contributed by atoms with Crippen LogP contribution in [0.5, 0.6) is 23.0 Å². The predicted molar refractivity (Wildman–Crippen MR) is 103 cm³/mol. The smallest absolute Gasteiger partial charge is 0.231 e. The van der Waals surface area contributed by atoms with Gasteiger partial charge < -0.3 is 24.3 Å². The summed E-state index contributed by atoms with van der Waals surface area (Å²) in [5.41, 5.74) is 4.79. The summed E-state index contributed by atoms with van der Waals surface area (Å²) in [6.45, 7) is 0.214. The molecular weight excluding hydrogens is 358 g/mol. The van der Waals surface area contributed by atoms with Gasteiger partial charge in [-0.1, -0.05) is 6.07 Å².